The van der Waals surface area contributed by atoms with Crippen LogP contribution < -0.4 is 11.1 Å². The zero-order valence-electron chi connectivity index (χ0n) is 10.9. The Morgan fingerprint density at radius 1 is 1.32 bits per heavy atom. The van der Waals surface area contributed by atoms with Gasteiger partial charge in [-0.3, -0.25) is 9.78 Å². The lowest BCUT2D eigenvalue weighted by molar-refractivity contribution is 0.102. The second-order valence-electron chi connectivity index (χ2n) is 4.40. The highest BCUT2D eigenvalue weighted by Crippen LogP contribution is 2.12. The highest BCUT2D eigenvalue weighted by molar-refractivity contribution is 6.04. The van der Waals surface area contributed by atoms with Crippen LogP contribution in [0.2, 0.25) is 0 Å². The Labute approximate surface area is 112 Å². The van der Waals surface area contributed by atoms with Crippen molar-refractivity contribution in [2.24, 2.45) is 5.73 Å². The average Bonchev–Trinajstić information content (AvgIpc) is 2.39. The van der Waals surface area contributed by atoms with Gasteiger partial charge in [-0.25, -0.2) is 0 Å². The van der Waals surface area contributed by atoms with Gasteiger partial charge in [0.2, 0.25) is 0 Å². The van der Waals surface area contributed by atoms with E-state index in [2.05, 4.69) is 10.3 Å². The average molecular weight is 255 g/mol. The molecule has 1 heterocycles. The molecule has 4 nitrogen and oxygen atoms in total. The quantitative estimate of drug-likeness (QED) is 0.879. The Bertz CT molecular complexity index is 581. The number of carbonyl (C=O) groups is 1. The number of aromatic nitrogens is 1. The van der Waals surface area contributed by atoms with Crippen molar-refractivity contribution < 1.29 is 4.79 Å². The smallest absolute Gasteiger partial charge is 0.255 e. The van der Waals surface area contributed by atoms with Gasteiger partial charge in [0, 0.05) is 29.6 Å². The minimum atomic E-state index is -0.133. The summed E-state index contributed by atoms with van der Waals surface area (Å²) in [5, 5.41) is 2.87. The van der Waals surface area contributed by atoms with Crippen molar-refractivity contribution >= 4 is 11.6 Å². The first-order chi connectivity index (χ1) is 9.19. The van der Waals surface area contributed by atoms with E-state index >= 15 is 0 Å². The molecule has 0 bridgehead atoms. The number of pyridine rings is 1. The molecule has 0 saturated carbocycles. The summed E-state index contributed by atoms with van der Waals surface area (Å²) in [6, 6.07) is 11.2. The third-order valence-electron chi connectivity index (χ3n) is 2.76. The van der Waals surface area contributed by atoms with Crippen molar-refractivity contribution in [1.82, 2.24) is 4.98 Å². The zero-order valence-corrected chi connectivity index (χ0v) is 10.9. The standard InChI is InChI=1S/C15H17N3O/c1-11-3-2-4-14(9-11)18-15(19)12-6-8-17-13(10-12)5-7-16/h2-4,6,8-10H,5,7,16H2,1H3,(H,18,19). The first-order valence-corrected chi connectivity index (χ1v) is 6.22. The highest BCUT2D eigenvalue weighted by Gasteiger charge is 2.07. The number of carbonyl (C=O) groups excluding carboxylic acids is 1. The van der Waals surface area contributed by atoms with E-state index in [0.717, 1.165) is 16.9 Å². The first-order valence-electron chi connectivity index (χ1n) is 6.22. The van der Waals surface area contributed by atoms with Gasteiger partial charge in [-0.15, -0.1) is 0 Å². The molecule has 0 unspecified atom stereocenters. The lowest BCUT2D eigenvalue weighted by Crippen LogP contribution is -2.13. The summed E-state index contributed by atoms with van der Waals surface area (Å²) in [5.74, 6) is -0.133. The number of nitrogens with one attached hydrogen (secondary N) is 1. The molecular weight excluding hydrogens is 238 g/mol. The Kier molecular flexibility index (Phi) is 4.26. The third kappa shape index (κ3) is 3.63. The molecule has 19 heavy (non-hydrogen) atoms. The van der Waals surface area contributed by atoms with E-state index in [-0.39, 0.29) is 5.91 Å². The fourth-order valence-electron chi connectivity index (χ4n) is 1.83. The predicted molar refractivity (Wildman–Crippen MR) is 76.1 cm³/mol. The SMILES string of the molecule is Cc1cccc(NC(=O)c2ccnc(CCN)c2)c1. The van der Waals surface area contributed by atoms with Crippen molar-refractivity contribution in [3.63, 3.8) is 0 Å². The Balaban J connectivity index is 2.13. The number of hydrogen-bond donors (Lipinski definition) is 2. The molecule has 0 spiro atoms. The molecule has 0 radical (unpaired) electrons. The van der Waals surface area contributed by atoms with Crippen molar-refractivity contribution in [3.05, 3.63) is 59.4 Å². The van der Waals surface area contributed by atoms with E-state index < -0.39 is 0 Å². The lowest BCUT2D eigenvalue weighted by Gasteiger charge is -2.07. The van der Waals surface area contributed by atoms with Gasteiger partial charge in [-0.1, -0.05) is 12.1 Å². The lowest BCUT2D eigenvalue weighted by atomic mass is 10.1. The molecule has 4 heteroatoms. The molecule has 0 aliphatic heterocycles. The number of hydrogen-bond acceptors (Lipinski definition) is 3. The topological polar surface area (TPSA) is 68.0 Å². The van der Waals surface area contributed by atoms with Gasteiger partial charge < -0.3 is 11.1 Å². The van der Waals surface area contributed by atoms with Gasteiger partial charge in [0.15, 0.2) is 0 Å². The fourth-order valence-corrected chi connectivity index (χ4v) is 1.83. The summed E-state index contributed by atoms with van der Waals surface area (Å²) in [6.45, 7) is 2.51. The minimum Gasteiger partial charge on any atom is -0.330 e. The summed E-state index contributed by atoms with van der Waals surface area (Å²) in [6.07, 6.45) is 2.31. The number of aryl methyl sites for hydroxylation is 1. The van der Waals surface area contributed by atoms with Crippen LogP contribution in [0.25, 0.3) is 0 Å². The van der Waals surface area contributed by atoms with Gasteiger partial charge in [-0.2, -0.15) is 0 Å². The summed E-state index contributed by atoms with van der Waals surface area (Å²) >= 11 is 0. The van der Waals surface area contributed by atoms with E-state index in [0.29, 0.717) is 18.5 Å². The second-order valence-corrected chi connectivity index (χ2v) is 4.40. The second kappa shape index (κ2) is 6.11. The monoisotopic (exact) mass is 255 g/mol. The number of nitrogens with zero attached hydrogens (tertiary/aromatic N) is 1. The van der Waals surface area contributed by atoms with Crippen molar-refractivity contribution in [2.75, 3.05) is 11.9 Å². The van der Waals surface area contributed by atoms with Crippen LogP contribution in [0.1, 0.15) is 21.6 Å². The Hall–Kier alpha value is -2.20. The normalized spacial score (nSPS) is 10.2. The molecule has 0 aliphatic rings. The maximum absolute atomic E-state index is 12.1. The maximum Gasteiger partial charge on any atom is 0.255 e. The minimum absolute atomic E-state index is 0.133. The van der Waals surface area contributed by atoms with Crippen LogP contribution in [0, 0.1) is 6.92 Å². The van der Waals surface area contributed by atoms with Crippen LogP contribution in [0.3, 0.4) is 0 Å². The van der Waals surface area contributed by atoms with Crippen molar-refractivity contribution in [2.45, 2.75) is 13.3 Å². The van der Waals surface area contributed by atoms with Gasteiger partial charge >= 0.3 is 0 Å². The Morgan fingerprint density at radius 2 is 2.16 bits per heavy atom. The first kappa shape index (κ1) is 13.2. The van der Waals surface area contributed by atoms with Crippen LogP contribution in [0.5, 0.6) is 0 Å². The van der Waals surface area contributed by atoms with E-state index in [4.69, 9.17) is 5.73 Å². The number of rotatable bonds is 4. The molecule has 2 aromatic rings. The molecule has 0 fully saturated rings. The molecule has 98 valence electrons. The summed E-state index contributed by atoms with van der Waals surface area (Å²) < 4.78 is 0. The molecule has 2 rings (SSSR count). The van der Waals surface area contributed by atoms with E-state index in [1.807, 2.05) is 31.2 Å². The predicted octanol–water partition coefficient (Wildman–Crippen LogP) is 2.14. The van der Waals surface area contributed by atoms with Crippen LogP contribution in [0.15, 0.2) is 42.6 Å². The third-order valence-corrected chi connectivity index (χ3v) is 2.76. The number of nitrogens with two attached hydrogens (primary N) is 1. The Morgan fingerprint density at radius 3 is 2.89 bits per heavy atom. The maximum atomic E-state index is 12.1. The molecule has 3 N–H and O–H groups in total. The number of anilines is 1. The van der Waals surface area contributed by atoms with Crippen molar-refractivity contribution in [1.29, 1.82) is 0 Å². The fraction of sp³-hybridized carbons (Fsp3) is 0.200. The highest BCUT2D eigenvalue weighted by atomic mass is 16.1. The van der Waals surface area contributed by atoms with Crippen molar-refractivity contribution in [3.8, 4) is 0 Å². The number of benzene rings is 1. The van der Waals surface area contributed by atoms with Crippen LogP contribution in [0.4, 0.5) is 5.69 Å². The molecule has 1 amide bonds. The molecule has 0 saturated heterocycles. The van der Waals surface area contributed by atoms with Gasteiger partial charge in [-0.05, 0) is 43.3 Å². The van der Waals surface area contributed by atoms with Crippen LogP contribution in [-0.2, 0) is 6.42 Å². The van der Waals surface area contributed by atoms with Gasteiger partial charge in [0.05, 0.1) is 0 Å². The van der Waals surface area contributed by atoms with E-state index in [1.165, 1.54) is 0 Å². The van der Waals surface area contributed by atoms with E-state index in [1.54, 1.807) is 18.3 Å². The molecule has 1 aromatic heterocycles. The summed E-state index contributed by atoms with van der Waals surface area (Å²) in [5.41, 5.74) is 8.82. The van der Waals surface area contributed by atoms with Crippen LogP contribution >= 0.6 is 0 Å². The summed E-state index contributed by atoms with van der Waals surface area (Å²) in [7, 11) is 0. The summed E-state index contributed by atoms with van der Waals surface area (Å²) in [4.78, 5) is 16.3. The molecule has 0 atom stereocenters. The number of amides is 1. The molecule has 1 aromatic carbocycles. The van der Waals surface area contributed by atoms with E-state index in [9.17, 15) is 4.79 Å². The largest absolute Gasteiger partial charge is 0.330 e. The van der Waals surface area contributed by atoms with Crippen LogP contribution in [-0.4, -0.2) is 17.4 Å². The zero-order chi connectivity index (χ0) is 13.7. The molecular formula is C15H17N3O. The molecule has 0 aliphatic carbocycles. The van der Waals surface area contributed by atoms with Gasteiger partial charge in [0.1, 0.15) is 0 Å². The van der Waals surface area contributed by atoms with Gasteiger partial charge in [0.25, 0.3) is 5.91 Å².